The normalized spacial score (nSPS) is 16.6. The van der Waals surface area contributed by atoms with Crippen molar-refractivity contribution in [2.75, 3.05) is 0 Å². The second kappa shape index (κ2) is 7.55. The van der Waals surface area contributed by atoms with E-state index in [2.05, 4.69) is 0 Å². The van der Waals surface area contributed by atoms with Gasteiger partial charge in [-0.3, -0.25) is 4.79 Å². The van der Waals surface area contributed by atoms with Gasteiger partial charge in [-0.25, -0.2) is 4.39 Å². The van der Waals surface area contributed by atoms with Crippen molar-refractivity contribution < 1.29 is 14.3 Å². The van der Waals surface area contributed by atoms with Crippen LogP contribution in [-0.4, -0.2) is 15.9 Å². The second-order valence-electron chi connectivity index (χ2n) is 7.50. The Bertz CT molecular complexity index is 1070. The molecule has 0 aromatic heterocycles. The highest BCUT2D eigenvalue weighted by Crippen LogP contribution is 2.43. The highest BCUT2D eigenvalue weighted by Gasteiger charge is 2.40. The first-order chi connectivity index (χ1) is 13.9. The molecule has 0 aliphatic carbocycles. The number of carbonyl (C=O) groups is 1. The lowest BCUT2D eigenvalue weighted by atomic mass is 9.93. The number of hydrogen-bond donors (Lipinski definition) is 1. The Morgan fingerprint density at radius 2 is 1.41 bits per heavy atom. The predicted octanol–water partition coefficient (Wildman–Crippen LogP) is 5.50. The lowest BCUT2D eigenvalue weighted by molar-refractivity contribution is -0.130. The fourth-order valence-corrected chi connectivity index (χ4v) is 3.73. The van der Waals surface area contributed by atoms with E-state index >= 15 is 0 Å². The predicted molar refractivity (Wildman–Crippen MR) is 112 cm³/mol. The summed E-state index contributed by atoms with van der Waals surface area (Å²) in [6, 6.07) is 21.3. The molecule has 4 heteroatoms. The van der Waals surface area contributed by atoms with E-state index in [4.69, 9.17) is 0 Å². The molecule has 1 aliphatic heterocycles. The molecule has 29 heavy (non-hydrogen) atoms. The fraction of sp³-hybridized carbons (Fsp3) is 0.160. The first-order valence-corrected chi connectivity index (χ1v) is 9.56. The summed E-state index contributed by atoms with van der Waals surface area (Å²) >= 11 is 0. The van der Waals surface area contributed by atoms with Crippen molar-refractivity contribution in [1.29, 1.82) is 0 Å². The molecule has 3 aromatic rings. The number of amides is 1. The number of hydrogen-bond acceptors (Lipinski definition) is 2. The third kappa shape index (κ3) is 3.66. The van der Waals surface area contributed by atoms with E-state index in [1.54, 1.807) is 17.0 Å². The van der Waals surface area contributed by atoms with Crippen LogP contribution in [0.4, 0.5) is 4.39 Å². The van der Waals surface area contributed by atoms with Crippen molar-refractivity contribution in [2.45, 2.75) is 26.4 Å². The van der Waals surface area contributed by atoms with E-state index in [1.807, 2.05) is 62.4 Å². The summed E-state index contributed by atoms with van der Waals surface area (Å²) < 4.78 is 13.5. The van der Waals surface area contributed by atoms with Crippen LogP contribution in [0.3, 0.4) is 0 Å². The number of rotatable bonds is 4. The van der Waals surface area contributed by atoms with Gasteiger partial charge < -0.3 is 10.0 Å². The Labute approximate surface area is 169 Å². The quantitative estimate of drug-likeness (QED) is 0.643. The van der Waals surface area contributed by atoms with E-state index in [0.717, 1.165) is 27.8 Å². The van der Waals surface area contributed by atoms with Gasteiger partial charge in [0.1, 0.15) is 5.82 Å². The highest BCUT2D eigenvalue weighted by molar-refractivity contribution is 6.05. The molecule has 0 spiro atoms. The zero-order valence-corrected chi connectivity index (χ0v) is 16.4. The average molecular weight is 387 g/mol. The summed E-state index contributed by atoms with van der Waals surface area (Å²) in [5.74, 6) is -1.01. The van der Waals surface area contributed by atoms with Crippen LogP contribution in [-0.2, 0) is 11.3 Å². The molecule has 1 heterocycles. The average Bonchev–Trinajstić information content (AvgIpc) is 2.96. The fourth-order valence-electron chi connectivity index (χ4n) is 3.73. The molecule has 3 nitrogen and oxygen atoms in total. The van der Waals surface area contributed by atoms with E-state index in [9.17, 15) is 14.3 Å². The van der Waals surface area contributed by atoms with Crippen LogP contribution in [0, 0.1) is 19.7 Å². The Balaban J connectivity index is 1.80. The Morgan fingerprint density at radius 1 is 0.862 bits per heavy atom. The zero-order valence-electron chi connectivity index (χ0n) is 16.4. The van der Waals surface area contributed by atoms with Crippen molar-refractivity contribution in [3.63, 3.8) is 0 Å². The molecular formula is C25H22FNO2. The molecular weight excluding hydrogens is 365 g/mol. The topological polar surface area (TPSA) is 40.5 Å². The van der Waals surface area contributed by atoms with E-state index < -0.39 is 11.9 Å². The van der Waals surface area contributed by atoms with Crippen LogP contribution in [0.5, 0.6) is 0 Å². The minimum absolute atomic E-state index is 0.254. The van der Waals surface area contributed by atoms with Crippen LogP contribution < -0.4 is 0 Å². The number of benzene rings is 3. The molecule has 1 N–H and O–H groups in total. The van der Waals surface area contributed by atoms with Crippen molar-refractivity contribution in [3.8, 4) is 0 Å². The summed E-state index contributed by atoms with van der Waals surface area (Å²) in [4.78, 5) is 14.7. The first kappa shape index (κ1) is 18.9. The number of nitrogens with zero attached hydrogens (tertiary/aromatic N) is 1. The largest absolute Gasteiger partial charge is 0.503 e. The third-order valence-corrected chi connectivity index (χ3v) is 5.33. The van der Waals surface area contributed by atoms with Crippen molar-refractivity contribution in [2.24, 2.45) is 0 Å². The van der Waals surface area contributed by atoms with Gasteiger partial charge in [0.05, 0.1) is 6.04 Å². The van der Waals surface area contributed by atoms with Gasteiger partial charge in [-0.15, -0.1) is 0 Å². The smallest absolute Gasteiger partial charge is 0.290 e. The molecule has 146 valence electrons. The molecule has 0 fully saturated rings. The van der Waals surface area contributed by atoms with Gasteiger partial charge in [-0.05, 0) is 42.7 Å². The molecule has 1 aliphatic rings. The number of halogens is 1. The molecule has 1 atom stereocenters. The number of aryl methyl sites for hydroxylation is 2. The maximum Gasteiger partial charge on any atom is 0.290 e. The van der Waals surface area contributed by atoms with Crippen molar-refractivity contribution >= 4 is 11.5 Å². The minimum atomic E-state index is -0.493. The minimum Gasteiger partial charge on any atom is -0.503 e. The maximum atomic E-state index is 13.5. The lowest BCUT2D eigenvalue weighted by Crippen LogP contribution is -2.29. The molecule has 0 radical (unpaired) electrons. The third-order valence-electron chi connectivity index (χ3n) is 5.33. The Kier molecular flexibility index (Phi) is 4.93. The van der Waals surface area contributed by atoms with Gasteiger partial charge in [0.15, 0.2) is 5.76 Å². The Morgan fingerprint density at radius 3 is 2.00 bits per heavy atom. The number of carbonyl (C=O) groups excluding carboxylic acids is 1. The van der Waals surface area contributed by atoms with Crippen LogP contribution in [0.15, 0.2) is 78.6 Å². The first-order valence-electron chi connectivity index (χ1n) is 9.56. The SMILES string of the molecule is Cc1ccc(CN2C(=O)C(O)=C(c3ccc(C)cc3)[C@H]2c2ccc(F)cc2)cc1. The molecule has 0 unspecified atom stereocenters. The Hall–Kier alpha value is -3.40. The zero-order chi connectivity index (χ0) is 20.5. The number of aliphatic hydroxyl groups is 1. The maximum absolute atomic E-state index is 13.5. The van der Waals surface area contributed by atoms with E-state index in [-0.39, 0.29) is 11.6 Å². The summed E-state index contributed by atoms with van der Waals surface area (Å²) in [5.41, 5.74) is 5.28. The van der Waals surface area contributed by atoms with Crippen molar-refractivity contribution in [3.05, 3.63) is 112 Å². The monoisotopic (exact) mass is 387 g/mol. The van der Waals surface area contributed by atoms with Gasteiger partial charge in [0, 0.05) is 12.1 Å². The summed E-state index contributed by atoms with van der Waals surface area (Å²) in [6.07, 6.45) is 0. The molecule has 0 saturated carbocycles. The molecule has 4 rings (SSSR count). The number of aliphatic hydroxyl groups excluding tert-OH is 1. The standard InChI is InChI=1S/C25H22FNO2/c1-16-3-7-18(8-4-16)15-27-23(20-11-13-21(26)14-12-20)22(24(28)25(27)29)19-9-5-17(2)6-10-19/h3-14,23,28H,15H2,1-2H3/t23-/m1/s1. The molecule has 3 aromatic carbocycles. The summed E-state index contributed by atoms with van der Waals surface area (Å²) in [7, 11) is 0. The molecule has 1 amide bonds. The highest BCUT2D eigenvalue weighted by atomic mass is 19.1. The van der Waals surface area contributed by atoms with Crippen LogP contribution in [0.1, 0.15) is 33.9 Å². The van der Waals surface area contributed by atoms with Gasteiger partial charge in [-0.2, -0.15) is 0 Å². The molecule has 0 saturated heterocycles. The van der Waals surface area contributed by atoms with Gasteiger partial charge in [0.2, 0.25) is 0 Å². The summed E-state index contributed by atoms with van der Waals surface area (Å²) in [6.45, 7) is 4.34. The van der Waals surface area contributed by atoms with E-state index in [0.29, 0.717) is 12.1 Å². The van der Waals surface area contributed by atoms with Crippen molar-refractivity contribution in [1.82, 2.24) is 4.90 Å². The summed E-state index contributed by atoms with van der Waals surface area (Å²) in [5, 5.41) is 10.8. The van der Waals surface area contributed by atoms with Crippen LogP contribution in [0.25, 0.3) is 5.57 Å². The van der Waals surface area contributed by atoms with Crippen LogP contribution in [0.2, 0.25) is 0 Å². The van der Waals surface area contributed by atoms with Crippen LogP contribution >= 0.6 is 0 Å². The van der Waals surface area contributed by atoms with Gasteiger partial charge in [-0.1, -0.05) is 71.8 Å². The van der Waals surface area contributed by atoms with Gasteiger partial charge in [0.25, 0.3) is 5.91 Å². The van der Waals surface area contributed by atoms with E-state index in [1.165, 1.54) is 12.1 Å². The van der Waals surface area contributed by atoms with Gasteiger partial charge >= 0.3 is 0 Å². The second-order valence-corrected chi connectivity index (χ2v) is 7.50. The molecule has 0 bridgehead atoms. The lowest BCUT2D eigenvalue weighted by Gasteiger charge is -2.27.